The predicted molar refractivity (Wildman–Crippen MR) is 28.9 cm³/mol. The van der Waals surface area contributed by atoms with E-state index in [1.165, 1.54) is 0 Å². The third-order valence-electron chi connectivity index (χ3n) is 0. The summed E-state index contributed by atoms with van der Waals surface area (Å²) in [5.41, 5.74) is 0. The fourth-order valence-electron chi connectivity index (χ4n) is 0. The lowest BCUT2D eigenvalue weighted by Gasteiger charge is -1.69. The summed E-state index contributed by atoms with van der Waals surface area (Å²) >= 11 is 14.4. The minimum absolute atomic E-state index is 0. The van der Waals surface area contributed by atoms with Crippen molar-refractivity contribution in [2.45, 2.75) is 4.30 Å². The summed E-state index contributed by atoms with van der Waals surface area (Å²) in [5, 5.41) is 0. The van der Waals surface area contributed by atoms with E-state index < -0.39 is 4.30 Å². The van der Waals surface area contributed by atoms with Gasteiger partial charge in [-0.2, -0.15) is 0 Å². The summed E-state index contributed by atoms with van der Waals surface area (Å²) in [7, 11) is 0. The lowest BCUT2D eigenvalue weighted by atomic mass is 11.9. The molecule has 0 aromatic rings. The third kappa shape index (κ3) is 332. The second kappa shape index (κ2) is 15.9. The minimum Gasteiger partial charge on any atom is -0.269 e. The summed E-state index contributed by atoms with van der Waals surface area (Å²) in [6, 6.07) is 0. The van der Waals surface area contributed by atoms with Gasteiger partial charge in [-0.15, -0.1) is 0 Å². The van der Waals surface area contributed by atoms with Crippen LogP contribution >= 0.6 is 34.8 Å². The SMILES string of the molecule is ClC(Cl)Cl.F.F.F. The van der Waals surface area contributed by atoms with Crippen LogP contribution in [0.15, 0.2) is 0 Å². The van der Waals surface area contributed by atoms with Crippen LogP contribution in [0.25, 0.3) is 0 Å². The van der Waals surface area contributed by atoms with Crippen molar-refractivity contribution in [3.8, 4) is 0 Å². The quantitative estimate of drug-likeness (QED) is 0.501. The Kier molecular flexibility index (Phi) is 57.7. The summed E-state index contributed by atoms with van der Waals surface area (Å²) in [6.45, 7) is 0. The molecule has 0 atom stereocenters. The van der Waals surface area contributed by atoms with Crippen molar-refractivity contribution in [2.24, 2.45) is 0 Å². The Morgan fingerprint density at radius 3 is 0.714 bits per heavy atom. The monoisotopic (exact) mass is 178 g/mol. The van der Waals surface area contributed by atoms with Gasteiger partial charge in [-0.25, -0.2) is 0 Å². The van der Waals surface area contributed by atoms with Gasteiger partial charge in [0.15, 0.2) is 4.30 Å². The van der Waals surface area contributed by atoms with Crippen LogP contribution in [-0.4, -0.2) is 4.30 Å². The van der Waals surface area contributed by atoms with E-state index in [2.05, 4.69) is 0 Å². The molecule has 0 heterocycles. The minimum atomic E-state index is -0.750. The smallest absolute Gasteiger partial charge is 0.180 e. The molecular formula is CH4Cl3F3. The molecule has 0 nitrogen and oxygen atoms in total. The van der Waals surface area contributed by atoms with Gasteiger partial charge < -0.3 is 0 Å². The summed E-state index contributed by atoms with van der Waals surface area (Å²) in [4.78, 5) is 0. The Morgan fingerprint density at radius 2 is 0.714 bits per heavy atom. The highest BCUT2D eigenvalue weighted by atomic mass is 35.6. The van der Waals surface area contributed by atoms with Gasteiger partial charge in [0.1, 0.15) is 0 Å². The fourth-order valence-corrected chi connectivity index (χ4v) is 0. The van der Waals surface area contributed by atoms with Crippen LogP contribution in [0.5, 0.6) is 0 Å². The summed E-state index contributed by atoms with van der Waals surface area (Å²) in [5.74, 6) is 0. The fraction of sp³-hybridized carbons (Fsp3) is 1.00. The van der Waals surface area contributed by atoms with Crippen molar-refractivity contribution < 1.29 is 14.1 Å². The number of halogens is 6. The first-order valence-corrected chi connectivity index (χ1v) is 1.96. The largest absolute Gasteiger partial charge is 0.269 e. The zero-order valence-electron chi connectivity index (χ0n) is 2.94. The van der Waals surface area contributed by atoms with Crippen molar-refractivity contribution in [1.82, 2.24) is 0 Å². The highest BCUT2D eigenvalue weighted by Crippen LogP contribution is 2.03. The Balaban J connectivity index is -0.0000000150. The molecule has 0 saturated carbocycles. The Morgan fingerprint density at radius 1 is 0.714 bits per heavy atom. The van der Waals surface area contributed by atoms with Gasteiger partial charge in [-0.05, 0) is 0 Å². The van der Waals surface area contributed by atoms with E-state index in [9.17, 15) is 0 Å². The molecular weight excluding hydrogens is 175 g/mol. The van der Waals surface area contributed by atoms with Gasteiger partial charge in [-0.1, -0.05) is 34.8 Å². The van der Waals surface area contributed by atoms with Crippen LogP contribution in [0.2, 0.25) is 0 Å². The predicted octanol–water partition coefficient (Wildman–Crippen LogP) is 2.44. The van der Waals surface area contributed by atoms with Crippen molar-refractivity contribution in [3.63, 3.8) is 0 Å². The molecule has 0 fully saturated rings. The maximum Gasteiger partial charge on any atom is 0.180 e. The second-order valence-corrected chi connectivity index (χ2v) is 2.23. The van der Waals surface area contributed by atoms with E-state index in [1.54, 1.807) is 0 Å². The zero-order chi connectivity index (χ0) is 3.58. The topological polar surface area (TPSA) is 0 Å². The molecule has 0 aliphatic heterocycles. The van der Waals surface area contributed by atoms with E-state index in [0.29, 0.717) is 0 Å². The number of rotatable bonds is 0. The molecule has 0 N–H and O–H groups in total. The molecule has 0 spiro atoms. The molecule has 0 aromatic heterocycles. The maximum absolute atomic E-state index is 4.81. The van der Waals surface area contributed by atoms with Crippen LogP contribution < -0.4 is 0 Å². The first kappa shape index (κ1) is 25.4. The molecule has 50 valence electrons. The second-order valence-electron chi connectivity index (χ2n) is 0.247. The van der Waals surface area contributed by atoms with Gasteiger partial charge in [0.2, 0.25) is 0 Å². The Hall–Kier alpha value is 0.660. The molecule has 0 aliphatic rings. The molecule has 0 rings (SSSR count). The lowest BCUT2D eigenvalue weighted by Crippen LogP contribution is -1.55. The molecule has 6 heteroatoms. The van der Waals surface area contributed by atoms with Crippen molar-refractivity contribution in [3.05, 3.63) is 0 Å². The van der Waals surface area contributed by atoms with Gasteiger partial charge in [0.05, 0.1) is 0 Å². The summed E-state index contributed by atoms with van der Waals surface area (Å²) < 4.78 is -0.750. The van der Waals surface area contributed by atoms with Crippen molar-refractivity contribution in [2.75, 3.05) is 0 Å². The molecule has 0 amide bonds. The van der Waals surface area contributed by atoms with Gasteiger partial charge in [-0.3, -0.25) is 14.1 Å². The van der Waals surface area contributed by atoms with Crippen LogP contribution in [0.1, 0.15) is 0 Å². The molecule has 7 heavy (non-hydrogen) atoms. The van der Waals surface area contributed by atoms with Crippen molar-refractivity contribution in [1.29, 1.82) is 0 Å². The van der Waals surface area contributed by atoms with Gasteiger partial charge in [0, 0.05) is 0 Å². The zero-order valence-corrected chi connectivity index (χ0v) is 5.20. The van der Waals surface area contributed by atoms with Crippen LogP contribution in [0, 0.1) is 0 Å². The average molecular weight is 179 g/mol. The van der Waals surface area contributed by atoms with E-state index >= 15 is 0 Å². The van der Waals surface area contributed by atoms with Crippen LogP contribution in [0.4, 0.5) is 14.1 Å². The molecule has 0 bridgehead atoms. The first-order chi connectivity index (χ1) is 1.73. The third-order valence-corrected chi connectivity index (χ3v) is 0. The van der Waals surface area contributed by atoms with E-state index in [1.807, 2.05) is 0 Å². The number of alkyl halides is 3. The normalized spacial score (nSPS) is 5.14. The Bertz CT molecular complexity index is 14.9. The summed E-state index contributed by atoms with van der Waals surface area (Å²) in [6.07, 6.45) is 0. The molecule has 0 aliphatic carbocycles. The number of hydrogen-bond donors (Lipinski definition) is 0. The van der Waals surface area contributed by atoms with Crippen molar-refractivity contribution >= 4 is 34.8 Å². The average Bonchev–Trinajstić information content (AvgIpc) is 0.811. The standard InChI is InChI=1S/CHCl3.3FH/c2-1(3)4;;;/h1H;3*1H. The van der Waals surface area contributed by atoms with Crippen LogP contribution in [-0.2, 0) is 0 Å². The molecule has 0 aromatic carbocycles. The molecule has 0 radical (unpaired) electrons. The Labute approximate surface area is 53.8 Å². The van der Waals surface area contributed by atoms with E-state index in [4.69, 9.17) is 34.8 Å². The molecule has 0 saturated heterocycles. The van der Waals surface area contributed by atoms with Gasteiger partial charge in [0.25, 0.3) is 0 Å². The van der Waals surface area contributed by atoms with Crippen LogP contribution in [0.3, 0.4) is 0 Å². The lowest BCUT2D eigenvalue weighted by molar-refractivity contribution is 1.11. The molecule has 0 unspecified atom stereocenters. The van der Waals surface area contributed by atoms with Gasteiger partial charge >= 0.3 is 0 Å². The maximum atomic E-state index is 4.81. The highest BCUT2D eigenvalue weighted by Gasteiger charge is 1.78. The van der Waals surface area contributed by atoms with E-state index in [0.717, 1.165) is 0 Å². The first-order valence-electron chi connectivity index (χ1n) is 0.655. The highest BCUT2D eigenvalue weighted by molar-refractivity contribution is 6.63. The van der Waals surface area contributed by atoms with E-state index in [-0.39, 0.29) is 14.1 Å². The number of hydrogen-bond acceptors (Lipinski definition) is 0.